The van der Waals surface area contributed by atoms with E-state index in [9.17, 15) is 4.79 Å². The van der Waals surface area contributed by atoms with Crippen LogP contribution in [0.15, 0.2) is 6.20 Å². The van der Waals surface area contributed by atoms with Gasteiger partial charge in [0.05, 0.1) is 6.20 Å². The maximum Gasteiger partial charge on any atom is 0.247 e. The van der Waals surface area contributed by atoms with Crippen molar-refractivity contribution >= 4 is 17.4 Å². The average Bonchev–Trinajstić information content (AvgIpc) is 2.47. The molecule has 1 unspecified atom stereocenters. The monoisotopic (exact) mass is 290 g/mol. The Labute approximate surface area is 127 Å². The highest BCUT2D eigenvalue weighted by molar-refractivity contribution is 6.02. The Kier molecular flexibility index (Phi) is 5.15. The van der Waals surface area contributed by atoms with E-state index in [0.29, 0.717) is 6.04 Å². The molecule has 1 aromatic heterocycles. The molecule has 116 valence electrons. The van der Waals surface area contributed by atoms with Crippen LogP contribution in [-0.2, 0) is 11.2 Å². The lowest BCUT2D eigenvalue weighted by Gasteiger charge is -2.45. The second-order valence-corrected chi connectivity index (χ2v) is 5.28. The summed E-state index contributed by atoms with van der Waals surface area (Å²) in [4.78, 5) is 23.4. The second kappa shape index (κ2) is 6.87. The number of hydrogen-bond acceptors (Lipinski definition) is 4. The first-order chi connectivity index (χ1) is 10.2. The summed E-state index contributed by atoms with van der Waals surface area (Å²) < 4.78 is 0. The van der Waals surface area contributed by atoms with Gasteiger partial charge in [-0.2, -0.15) is 0 Å². The largest absolute Gasteiger partial charge is 0.340 e. The molecule has 1 N–H and O–H groups in total. The molecule has 0 bridgehead atoms. The lowest BCUT2D eigenvalue weighted by Crippen LogP contribution is -2.55. The second-order valence-electron chi connectivity index (χ2n) is 5.28. The molecule has 1 aliphatic heterocycles. The van der Waals surface area contributed by atoms with Gasteiger partial charge in [-0.15, -0.1) is 0 Å². The van der Waals surface area contributed by atoms with Crippen LogP contribution in [0.5, 0.6) is 0 Å². The normalized spacial score (nSPS) is 20.9. The van der Waals surface area contributed by atoms with Crippen molar-refractivity contribution in [2.75, 3.05) is 10.2 Å². The van der Waals surface area contributed by atoms with Gasteiger partial charge in [0.15, 0.2) is 5.82 Å². The van der Waals surface area contributed by atoms with E-state index >= 15 is 0 Å². The quantitative estimate of drug-likeness (QED) is 0.929. The van der Waals surface area contributed by atoms with Crippen molar-refractivity contribution < 1.29 is 4.79 Å². The number of nitrogens with zero attached hydrogens (tertiary/aromatic N) is 3. The summed E-state index contributed by atoms with van der Waals surface area (Å²) in [7, 11) is 0. The van der Waals surface area contributed by atoms with Crippen molar-refractivity contribution in [3.05, 3.63) is 12.0 Å². The van der Waals surface area contributed by atoms with E-state index in [0.717, 1.165) is 43.0 Å². The summed E-state index contributed by atoms with van der Waals surface area (Å²) in [5, 5.41) is 2.94. The molecule has 0 radical (unpaired) electrons. The Morgan fingerprint density at radius 1 is 1.33 bits per heavy atom. The fourth-order valence-electron chi connectivity index (χ4n) is 2.83. The van der Waals surface area contributed by atoms with Gasteiger partial charge in [0.1, 0.15) is 17.6 Å². The van der Waals surface area contributed by atoms with Crippen LogP contribution in [0.1, 0.15) is 59.2 Å². The zero-order valence-corrected chi connectivity index (χ0v) is 13.5. The Morgan fingerprint density at radius 2 is 2.05 bits per heavy atom. The van der Waals surface area contributed by atoms with Crippen LogP contribution in [0.4, 0.5) is 11.5 Å². The fraction of sp³-hybridized carbons (Fsp3) is 0.688. The van der Waals surface area contributed by atoms with E-state index < -0.39 is 0 Å². The molecule has 3 rings (SSSR count). The van der Waals surface area contributed by atoms with Crippen LogP contribution in [0.2, 0.25) is 0 Å². The molecule has 21 heavy (non-hydrogen) atoms. The van der Waals surface area contributed by atoms with E-state index in [1.807, 2.05) is 20.8 Å². The van der Waals surface area contributed by atoms with Crippen LogP contribution in [0.25, 0.3) is 0 Å². The minimum absolute atomic E-state index is 0.0785. The molecule has 0 saturated heterocycles. The standard InChI is InChI=1S/C14H20N4O.C2H6/c1-3-11-14(19)16-10-8-15-12(4-2)17-13(10)18(11)9-6-5-7-9;1-2/h8-9,11H,3-7H2,1-2H3,(H,16,19);1-2H3. The molecule has 0 spiro atoms. The minimum atomic E-state index is -0.0857. The summed E-state index contributed by atoms with van der Waals surface area (Å²) in [6, 6.07) is 0.381. The summed E-state index contributed by atoms with van der Waals surface area (Å²) in [5.41, 5.74) is 0.763. The highest BCUT2D eigenvalue weighted by Gasteiger charge is 2.39. The van der Waals surface area contributed by atoms with Crippen LogP contribution in [-0.4, -0.2) is 28.0 Å². The number of aromatic nitrogens is 2. The van der Waals surface area contributed by atoms with Gasteiger partial charge in [0.2, 0.25) is 5.91 Å². The Hall–Kier alpha value is -1.65. The lowest BCUT2D eigenvalue weighted by atomic mass is 9.89. The van der Waals surface area contributed by atoms with E-state index in [2.05, 4.69) is 27.1 Å². The minimum Gasteiger partial charge on any atom is -0.340 e. The van der Waals surface area contributed by atoms with E-state index in [1.165, 1.54) is 6.42 Å². The summed E-state index contributed by atoms with van der Waals surface area (Å²) >= 11 is 0. The summed E-state index contributed by atoms with van der Waals surface area (Å²) in [5.74, 6) is 1.84. The first-order valence-electron chi connectivity index (χ1n) is 8.19. The Balaban J connectivity index is 0.000000774. The van der Waals surface area contributed by atoms with Crippen molar-refractivity contribution in [1.29, 1.82) is 0 Å². The van der Waals surface area contributed by atoms with Crippen LogP contribution in [0.3, 0.4) is 0 Å². The average molecular weight is 290 g/mol. The first-order valence-corrected chi connectivity index (χ1v) is 8.19. The van der Waals surface area contributed by atoms with Crippen molar-refractivity contribution in [2.45, 2.75) is 71.9 Å². The molecule has 0 aromatic carbocycles. The number of anilines is 2. The van der Waals surface area contributed by atoms with Gasteiger partial charge in [-0.1, -0.05) is 27.7 Å². The number of carbonyl (C=O) groups excluding carboxylic acids is 1. The predicted molar refractivity (Wildman–Crippen MR) is 85.6 cm³/mol. The first kappa shape index (κ1) is 15.7. The van der Waals surface area contributed by atoms with Crippen molar-refractivity contribution in [2.24, 2.45) is 0 Å². The smallest absolute Gasteiger partial charge is 0.247 e. The number of amides is 1. The van der Waals surface area contributed by atoms with Gasteiger partial charge in [0, 0.05) is 12.5 Å². The number of aryl methyl sites for hydroxylation is 1. The SMILES string of the molecule is CC.CCc1ncc2c(n1)N(C1CCC1)C(CC)C(=O)N2. The molecule has 1 amide bonds. The van der Waals surface area contributed by atoms with Gasteiger partial charge in [-0.3, -0.25) is 4.79 Å². The third-order valence-electron chi connectivity index (χ3n) is 4.13. The highest BCUT2D eigenvalue weighted by atomic mass is 16.2. The Bertz CT molecular complexity index is 499. The van der Waals surface area contributed by atoms with Crippen LogP contribution in [0, 0.1) is 0 Å². The predicted octanol–water partition coefficient (Wildman–Crippen LogP) is 3.15. The topological polar surface area (TPSA) is 58.1 Å². The van der Waals surface area contributed by atoms with Crippen molar-refractivity contribution in [3.8, 4) is 0 Å². The molecule has 5 heteroatoms. The summed E-state index contributed by atoms with van der Waals surface area (Å²) in [6.45, 7) is 8.11. The zero-order chi connectivity index (χ0) is 15.4. The summed E-state index contributed by atoms with van der Waals surface area (Å²) in [6.07, 6.45) is 6.95. The van der Waals surface area contributed by atoms with Crippen molar-refractivity contribution in [1.82, 2.24) is 9.97 Å². The lowest BCUT2D eigenvalue weighted by molar-refractivity contribution is -0.118. The molecule has 2 heterocycles. The maximum atomic E-state index is 12.2. The van der Waals surface area contributed by atoms with Gasteiger partial charge in [0.25, 0.3) is 0 Å². The molecule has 1 saturated carbocycles. The fourth-order valence-corrected chi connectivity index (χ4v) is 2.83. The Morgan fingerprint density at radius 3 is 2.57 bits per heavy atom. The van der Waals surface area contributed by atoms with E-state index in [-0.39, 0.29) is 11.9 Å². The van der Waals surface area contributed by atoms with Gasteiger partial charge >= 0.3 is 0 Å². The number of fused-ring (bicyclic) bond motifs is 1. The maximum absolute atomic E-state index is 12.2. The molecule has 2 aliphatic rings. The van der Waals surface area contributed by atoms with E-state index in [4.69, 9.17) is 0 Å². The van der Waals surface area contributed by atoms with E-state index in [1.54, 1.807) is 6.20 Å². The number of rotatable bonds is 3. The third kappa shape index (κ3) is 2.87. The molecular formula is C16H26N4O. The molecule has 5 nitrogen and oxygen atoms in total. The highest BCUT2D eigenvalue weighted by Crippen LogP contribution is 2.37. The van der Waals surface area contributed by atoms with Crippen LogP contribution >= 0.6 is 0 Å². The number of carbonyl (C=O) groups is 1. The zero-order valence-electron chi connectivity index (χ0n) is 13.5. The molecule has 1 atom stereocenters. The molecule has 1 aromatic rings. The molecule has 1 fully saturated rings. The van der Waals surface area contributed by atoms with Gasteiger partial charge < -0.3 is 10.2 Å². The number of hydrogen-bond donors (Lipinski definition) is 1. The van der Waals surface area contributed by atoms with Crippen molar-refractivity contribution in [3.63, 3.8) is 0 Å². The van der Waals surface area contributed by atoms with Gasteiger partial charge in [-0.25, -0.2) is 9.97 Å². The van der Waals surface area contributed by atoms with Gasteiger partial charge in [-0.05, 0) is 25.7 Å². The molecular weight excluding hydrogens is 264 g/mol. The van der Waals surface area contributed by atoms with Crippen LogP contribution < -0.4 is 10.2 Å². The number of nitrogens with one attached hydrogen (secondary N) is 1. The molecule has 1 aliphatic carbocycles. The third-order valence-corrected chi connectivity index (χ3v) is 4.13.